The van der Waals surface area contributed by atoms with Gasteiger partial charge in [0.25, 0.3) is 0 Å². The van der Waals surface area contributed by atoms with Crippen molar-refractivity contribution in [2.75, 3.05) is 0 Å². The van der Waals surface area contributed by atoms with E-state index in [1.165, 1.54) is 112 Å². The van der Waals surface area contributed by atoms with E-state index in [1.54, 1.807) is 0 Å². The highest BCUT2D eigenvalue weighted by Crippen LogP contribution is 2.45. The lowest BCUT2D eigenvalue weighted by molar-refractivity contribution is -0.0893. The van der Waals surface area contributed by atoms with Crippen molar-refractivity contribution < 1.29 is 9.76 Å². The molecule has 0 spiro atoms. The standard InChI is InChI=1S/C50H67BN4O2/c1-49(2,56)50(3,4)57-51-41-30-18-28-39(32-41)43-33-42(52-48(53-43)37-25-15-8-16-26-37)38-27-17-29-40(31-38)47-46(36-23-13-7-14-24-36)54-44(34-19-9-5-10-20-34)45(55-47)35-21-11-6-12-22-35/h5-6,9-12,18-22,28,30,32-33,36-38,40,44-45,48,51-52,54-56H,7-8,13-17,23-27,29,31H2,1-4H3. The summed E-state index contributed by atoms with van der Waals surface area (Å²) < 4.78 is 6.31. The molecule has 3 saturated carbocycles. The number of allylic oxidation sites excluding steroid dienone is 4. The largest absolute Gasteiger partial charge is 0.427 e. The quantitative estimate of drug-likeness (QED) is 0.146. The Morgan fingerprint density at radius 2 is 1.21 bits per heavy atom. The molecule has 0 saturated heterocycles. The maximum Gasteiger partial charge on any atom is 0.309 e. The zero-order valence-corrected chi connectivity index (χ0v) is 35.1. The molecule has 2 heterocycles. The summed E-state index contributed by atoms with van der Waals surface area (Å²) in [5, 5.41) is 23.4. The molecular weight excluding hydrogens is 699 g/mol. The van der Waals surface area contributed by atoms with Gasteiger partial charge in [0.1, 0.15) is 6.17 Å². The Kier molecular flexibility index (Phi) is 12.3. The van der Waals surface area contributed by atoms with Crippen molar-refractivity contribution in [2.24, 2.45) is 28.7 Å². The van der Waals surface area contributed by atoms with E-state index in [0.29, 0.717) is 31.2 Å². The number of hydrogen-bond donors (Lipinski definition) is 4. The van der Waals surface area contributed by atoms with Crippen LogP contribution < -0.4 is 21.4 Å². The van der Waals surface area contributed by atoms with Gasteiger partial charge in [-0.05, 0) is 107 Å². The Morgan fingerprint density at radius 3 is 1.84 bits per heavy atom. The summed E-state index contributed by atoms with van der Waals surface area (Å²) in [4.78, 5) is 5.49. The van der Waals surface area contributed by atoms with Crippen LogP contribution in [-0.2, 0) is 4.65 Å². The lowest BCUT2D eigenvalue weighted by Crippen LogP contribution is -2.49. The Morgan fingerprint density at radius 1 is 0.632 bits per heavy atom. The van der Waals surface area contributed by atoms with E-state index < -0.39 is 11.2 Å². The molecule has 0 amide bonds. The summed E-state index contributed by atoms with van der Waals surface area (Å²) >= 11 is 0. The number of hydrogen-bond acceptors (Lipinski definition) is 6. The van der Waals surface area contributed by atoms with E-state index in [-0.39, 0.29) is 18.2 Å². The van der Waals surface area contributed by atoms with E-state index in [0.717, 1.165) is 23.2 Å². The van der Waals surface area contributed by atoms with Crippen molar-refractivity contribution in [1.29, 1.82) is 0 Å². The Balaban J connectivity index is 1.10. The van der Waals surface area contributed by atoms with Crippen LogP contribution in [-0.4, -0.2) is 35.7 Å². The summed E-state index contributed by atoms with van der Waals surface area (Å²) in [6.45, 7) is 7.56. The highest BCUT2D eigenvalue weighted by Gasteiger charge is 2.40. The van der Waals surface area contributed by atoms with Crippen molar-refractivity contribution in [3.63, 3.8) is 0 Å². The zero-order chi connectivity index (χ0) is 39.4. The predicted octanol–water partition coefficient (Wildman–Crippen LogP) is 9.69. The van der Waals surface area contributed by atoms with Gasteiger partial charge >= 0.3 is 7.48 Å². The van der Waals surface area contributed by atoms with Gasteiger partial charge in [0, 0.05) is 28.9 Å². The first-order chi connectivity index (χ1) is 27.6. The molecule has 6 nitrogen and oxygen atoms in total. The Bertz CT molecular complexity index is 1890. The molecule has 3 aromatic rings. The van der Waals surface area contributed by atoms with Crippen LogP contribution in [0.3, 0.4) is 0 Å². The number of aliphatic imine (C=N–C) groups is 1. The molecule has 3 aliphatic carbocycles. The van der Waals surface area contributed by atoms with Crippen LogP contribution in [0.4, 0.5) is 0 Å². The van der Waals surface area contributed by atoms with Crippen molar-refractivity contribution in [3.05, 3.63) is 125 Å². The van der Waals surface area contributed by atoms with Gasteiger partial charge < -0.3 is 25.7 Å². The van der Waals surface area contributed by atoms with Crippen molar-refractivity contribution in [3.8, 4) is 0 Å². The number of rotatable bonds is 11. The van der Waals surface area contributed by atoms with Crippen LogP contribution in [0.25, 0.3) is 0 Å². The van der Waals surface area contributed by atoms with Gasteiger partial charge in [-0.3, -0.25) is 4.99 Å². The monoisotopic (exact) mass is 767 g/mol. The third-order valence-electron chi connectivity index (χ3n) is 14.4. The molecule has 4 N–H and O–H groups in total. The van der Waals surface area contributed by atoms with Gasteiger partial charge in [-0.2, -0.15) is 0 Å². The van der Waals surface area contributed by atoms with Gasteiger partial charge in [-0.1, -0.05) is 135 Å². The predicted molar refractivity (Wildman–Crippen MR) is 236 cm³/mol. The van der Waals surface area contributed by atoms with E-state index in [9.17, 15) is 5.11 Å². The molecule has 0 bridgehead atoms. The molecule has 5 unspecified atom stereocenters. The summed E-state index contributed by atoms with van der Waals surface area (Å²) in [6.07, 6.45) is 20.2. The van der Waals surface area contributed by atoms with Gasteiger partial charge in [0.05, 0.1) is 29.0 Å². The fourth-order valence-electron chi connectivity index (χ4n) is 10.2. The lowest BCUT2D eigenvalue weighted by Gasteiger charge is -2.45. The molecule has 302 valence electrons. The Labute approximate surface area is 343 Å². The summed E-state index contributed by atoms with van der Waals surface area (Å²) in [5.74, 6) is 2.05. The van der Waals surface area contributed by atoms with E-state index >= 15 is 0 Å². The molecule has 2 aliphatic heterocycles. The third kappa shape index (κ3) is 9.26. The van der Waals surface area contributed by atoms with Crippen molar-refractivity contribution in [2.45, 2.75) is 147 Å². The van der Waals surface area contributed by atoms with Gasteiger partial charge in [0.2, 0.25) is 0 Å². The maximum absolute atomic E-state index is 10.7. The summed E-state index contributed by atoms with van der Waals surface area (Å²) in [5.41, 5.74) is 8.80. The second kappa shape index (κ2) is 17.6. The molecule has 3 aromatic carbocycles. The molecule has 3 fully saturated rings. The lowest BCUT2D eigenvalue weighted by atomic mass is 9.74. The average Bonchev–Trinajstić information content (AvgIpc) is 3.26. The van der Waals surface area contributed by atoms with Crippen LogP contribution in [0.1, 0.15) is 146 Å². The molecule has 8 rings (SSSR count). The first-order valence-electron chi connectivity index (χ1n) is 22.5. The van der Waals surface area contributed by atoms with Crippen LogP contribution in [0, 0.1) is 23.7 Å². The minimum atomic E-state index is -0.949. The Hall–Kier alpha value is -3.81. The van der Waals surface area contributed by atoms with E-state index in [1.807, 2.05) is 27.7 Å². The number of benzene rings is 3. The van der Waals surface area contributed by atoms with Crippen LogP contribution in [0.2, 0.25) is 0 Å². The van der Waals surface area contributed by atoms with Crippen molar-refractivity contribution >= 4 is 18.7 Å². The SMILES string of the molecule is CC(C)(O)C(C)(C)OBc1cccc(C2=NC(C3CCCCC3)NC(C3CCCC(C4=C(C5CCCCC5)NC(c5ccccc5)C(c5ccccc5)N4)C3)=C2)c1. The van der Waals surface area contributed by atoms with Gasteiger partial charge in [0.15, 0.2) is 0 Å². The van der Waals surface area contributed by atoms with Crippen molar-refractivity contribution in [1.82, 2.24) is 16.0 Å². The molecular formula is C50H67BN4O2. The smallest absolute Gasteiger partial charge is 0.309 e. The molecule has 7 heteroatoms. The first-order valence-corrected chi connectivity index (χ1v) is 22.5. The molecule has 0 aromatic heterocycles. The normalized spacial score (nSPS) is 26.7. The summed E-state index contributed by atoms with van der Waals surface area (Å²) in [7, 11) is 0.442. The van der Waals surface area contributed by atoms with Crippen LogP contribution >= 0.6 is 0 Å². The van der Waals surface area contributed by atoms with Crippen LogP contribution in [0.5, 0.6) is 0 Å². The third-order valence-corrected chi connectivity index (χ3v) is 14.4. The molecule has 0 radical (unpaired) electrons. The molecule has 5 aliphatic rings. The topological polar surface area (TPSA) is 77.9 Å². The minimum absolute atomic E-state index is 0.107. The first kappa shape index (κ1) is 40.0. The number of nitrogens with one attached hydrogen (secondary N) is 3. The average molecular weight is 767 g/mol. The highest BCUT2D eigenvalue weighted by molar-refractivity contribution is 6.47. The maximum atomic E-state index is 10.7. The fourth-order valence-corrected chi connectivity index (χ4v) is 10.2. The highest BCUT2D eigenvalue weighted by atomic mass is 16.5. The van der Waals surface area contributed by atoms with Gasteiger partial charge in [-0.25, -0.2) is 0 Å². The second-order valence-corrected chi connectivity index (χ2v) is 18.9. The van der Waals surface area contributed by atoms with Crippen LogP contribution in [0.15, 0.2) is 113 Å². The minimum Gasteiger partial charge on any atom is -0.427 e. The zero-order valence-electron chi connectivity index (χ0n) is 35.1. The van der Waals surface area contributed by atoms with E-state index in [4.69, 9.17) is 9.65 Å². The van der Waals surface area contributed by atoms with Gasteiger partial charge in [-0.15, -0.1) is 0 Å². The second-order valence-electron chi connectivity index (χ2n) is 18.9. The summed E-state index contributed by atoms with van der Waals surface area (Å²) in [6, 6.07) is 31.3. The fraction of sp³-hybridized carbons (Fsp3) is 0.540. The number of nitrogens with zero attached hydrogens (tertiary/aromatic N) is 1. The molecule has 5 atom stereocenters. The molecule has 57 heavy (non-hydrogen) atoms. The van der Waals surface area contributed by atoms with E-state index in [2.05, 4.69) is 107 Å². The number of aliphatic hydroxyl groups is 1.